The Morgan fingerprint density at radius 1 is 1.15 bits per heavy atom. The molecular weight excluding hydrogens is 277 g/mol. The maximum atomic E-state index is 13.3. The van der Waals surface area contributed by atoms with E-state index >= 15 is 0 Å². The van der Waals surface area contributed by atoms with Crippen LogP contribution in [0.1, 0.15) is 26.6 Å². The van der Waals surface area contributed by atoms with Crippen molar-refractivity contribution in [1.29, 1.82) is 0 Å². The van der Waals surface area contributed by atoms with Crippen molar-refractivity contribution < 1.29 is 4.39 Å². The molecular formula is C15H17ClFN3. The first kappa shape index (κ1) is 14.7. The number of halogens is 2. The van der Waals surface area contributed by atoms with E-state index in [0.29, 0.717) is 0 Å². The van der Waals surface area contributed by atoms with Crippen molar-refractivity contribution in [2.24, 2.45) is 0 Å². The van der Waals surface area contributed by atoms with Gasteiger partial charge in [0.15, 0.2) is 0 Å². The number of anilines is 1. The van der Waals surface area contributed by atoms with Gasteiger partial charge in [0, 0.05) is 24.1 Å². The van der Waals surface area contributed by atoms with Crippen LogP contribution in [0.15, 0.2) is 24.3 Å². The Balaban J connectivity index is 2.58. The van der Waals surface area contributed by atoms with Crippen LogP contribution in [-0.2, 0) is 5.41 Å². The van der Waals surface area contributed by atoms with Gasteiger partial charge in [-0.05, 0) is 18.2 Å². The predicted molar refractivity (Wildman–Crippen MR) is 80.7 cm³/mol. The van der Waals surface area contributed by atoms with Crippen LogP contribution in [0.2, 0.25) is 5.02 Å². The van der Waals surface area contributed by atoms with E-state index in [1.165, 1.54) is 6.07 Å². The molecule has 0 aliphatic rings. The first-order valence-electron chi connectivity index (χ1n) is 6.34. The highest BCUT2D eigenvalue weighted by molar-refractivity contribution is 6.31. The molecule has 2 rings (SSSR count). The Kier molecular flexibility index (Phi) is 3.95. The number of benzene rings is 1. The van der Waals surface area contributed by atoms with E-state index in [1.54, 1.807) is 19.2 Å². The van der Waals surface area contributed by atoms with Crippen LogP contribution in [0.3, 0.4) is 0 Å². The van der Waals surface area contributed by atoms with Crippen molar-refractivity contribution in [3.63, 3.8) is 0 Å². The summed E-state index contributed by atoms with van der Waals surface area (Å²) in [6.07, 6.45) is 0. The highest BCUT2D eigenvalue weighted by Gasteiger charge is 2.19. The van der Waals surface area contributed by atoms with Crippen molar-refractivity contribution in [3.05, 3.63) is 40.9 Å². The highest BCUT2D eigenvalue weighted by Crippen LogP contribution is 2.27. The SMILES string of the molecule is CNc1cc(-c2ccc(F)c(Cl)c2)nc(C(C)(C)C)n1. The summed E-state index contributed by atoms with van der Waals surface area (Å²) in [5.74, 6) is 1.01. The van der Waals surface area contributed by atoms with Crippen molar-refractivity contribution in [2.75, 3.05) is 12.4 Å². The van der Waals surface area contributed by atoms with Gasteiger partial charge in [-0.2, -0.15) is 0 Å². The molecule has 0 unspecified atom stereocenters. The summed E-state index contributed by atoms with van der Waals surface area (Å²) in [6, 6.07) is 6.40. The minimum Gasteiger partial charge on any atom is -0.373 e. The lowest BCUT2D eigenvalue weighted by molar-refractivity contribution is 0.547. The number of aromatic nitrogens is 2. The zero-order valence-corrected chi connectivity index (χ0v) is 12.7. The van der Waals surface area contributed by atoms with Gasteiger partial charge in [0.05, 0.1) is 10.7 Å². The lowest BCUT2D eigenvalue weighted by Gasteiger charge is -2.18. The number of hydrogen-bond donors (Lipinski definition) is 1. The molecule has 0 bridgehead atoms. The lowest BCUT2D eigenvalue weighted by atomic mass is 9.95. The number of nitrogens with one attached hydrogen (secondary N) is 1. The standard InChI is InChI=1S/C15H17ClFN3/c1-15(2,3)14-19-12(8-13(18-4)20-14)9-5-6-11(17)10(16)7-9/h5-8H,1-4H3,(H,18,19,20). The number of hydrogen-bond acceptors (Lipinski definition) is 3. The molecule has 0 saturated carbocycles. The van der Waals surface area contributed by atoms with Gasteiger partial charge in [-0.15, -0.1) is 0 Å². The van der Waals surface area contributed by atoms with Gasteiger partial charge in [0.25, 0.3) is 0 Å². The topological polar surface area (TPSA) is 37.8 Å². The second-order valence-corrected chi connectivity index (χ2v) is 6.00. The van der Waals surface area contributed by atoms with Crippen LogP contribution in [0, 0.1) is 5.82 Å². The van der Waals surface area contributed by atoms with Gasteiger partial charge < -0.3 is 5.32 Å². The van der Waals surface area contributed by atoms with Crippen LogP contribution < -0.4 is 5.32 Å². The van der Waals surface area contributed by atoms with Gasteiger partial charge in [-0.1, -0.05) is 32.4 Å². The largest absolute Gasteiger partial charge is 0.373 e. The molecule has 20 heavy (non-hydrogen) atoms. The molecule has 1 N–H and O–H groups in total. The molecule has 106 valence electrons. The van der Waals surface area contributed by atoms with Crippen molar-refractivity contribution in [3.8, 4) is 11.3 Å². The normalized spacial score (nSPS) is 11.5. The lowest BCUT2D eigenvalue weighted by Crippen LogP contribution is -2.17. The van der Waals surface area contributed by atoms with E-state index in [0.717, 1.165) is 22.9 Å². The summed E-state index contributed by atoms with van der Waals surface area (Å²) >= 11 is 5.83. The third-order valence-corrected chi connectivity index (χ3v) is 3.16. The molecule has 5 heteroatoms. The predicted octanol–water partition coefficient (Wildman–Crippen LogP) is 4.28. The summed E-state index contributed by atoms with van der Waals surface area (Å²) in [6.45, 7) is 6.13. The Labute approximate surface area is 123 Å². The molecule has 1 aromatic carbocycles. The molecule has 0 spiro atoms. The molecule has 0 saturated heterocycles. The van der Waals surface area contributed by atoms with E-state index < -0.39 is 5.82 Å². The summed E-state index contributed by atoms with van der Waals surface area (Å²) < 4.78 is 13.3. The third kappa shape index (κ3) is 3.07. The fraction of sp³-hybridized carbons (Fsp3) is 0.333. The molecule has 0 aliphatic heterocycles. The van der Waals surface area contributed by atoms with Crippen LogP contribution in [0.4, 0.5) is 10.2 Å². The second-order valence-electron chi connectivity index (χ2n) is 5.59. The second kappa shape index (κ2) is 5.37. The van der Waals surface area contributed by atoms with Gasteiger partial charge in [-0.3, -0.25) is 0 Å². The number of nitrogens with zero attached hydrogens (tertiary/aromatic N) is 2. The Morgan fingerprint density at radius 3 is 2.40 bits per heavy atom. The van der Waals surface area contributed by atoms with Gasteiger partial charge >= 0.3 is 0 Å². The maximum absolute atomic E-state index is 13.3. The van der Waals surface area contributed by atoms with E-state index in [9.17, 15) is 4.39 Å². The molecule has 0 atom stereocenters. The molecule has 1 heterocycles. The van der Waals surface area contributed by atoms with Crippen LogP contribution in [-0.4, -0.2) is 17.0 Å². The van der Waals surface area contributed by atoms with Crippen LogP contribution in [0.25, 0.3) is 11.3 Å². The molecule has 3 nitrogen and oxygen atoms in total. The average molecular weight is 294 g/mol. The zero-order valence-electron chi connectivity index (χ0n) is 12.0. The van der Waals surface area contributed by atoms with E-state index in [2.05, 4.69) is 15.3 Å². The fourth-order valence-corrected chi connectivity index (χ4v) is 1.89. The monoisotopic (exact) mass is 293 g/mol. The van der Waals surface area contributed by atoms with Crippen molar-refractivity contribution in [1.82, 2.24) is 9.97 Å². The van der Waals surface area contributed by atoms with Crippen LogP contribution >= 0.6 is 11.6 Å². The molecule has 0 aliphatic carbocycles. The Bertz CT molecular complexity index is 636. The third-order valence-electron chi connectivity index (χ3n) is 2.87. The maximum Gasteiger partial charge on any atom is 0.141 e. The molecule has 2 aromatic rings. The Morgan fingerprint density at radius 2 is 1.85 bits per heavy atom. The summed E-state index contributed by atoms with van der Waals surface area (Å²) in [4.78, 5) is 9.02. The van der Waals surface area contributed by atoms with Gasteiger partial charge in [0.2, 0.25) is 0 Å². The molecule has 0 radical (unpaired) electrons. The molecule has 0 amide bonds. The quantitative estimate of drug-likeness (QED) is 0.898. The average Bonchev–Trinajstić information content (AvgIpc) is 2.40. The first-order chi connectivity index (χ1) is 9.31. The van der Waals surface area contributed by atoms with Crippen molar-refractivity contribution >= 4 is 17.4 Å². The first-order valence-corrected chi connectivity index (χ1v) is 6.72. The smallest absolute Gasteiger partial charge is 0.141 e. The molecule has 0 fully saturated rings. The summed E-state index contributed by atoms with van der Waals surface area (Å²) in [5.41, 5.74) is 1.31. The van der Waals surface area contributed by atoms with Gasteiger partial charge in [0.1, 0.15) is 17.5 Å². The van der Waals surface area contributed by atoms with E-state index in [1.807, 2.05) is 26.8 Å². The van der Waals surface area contributed by atoms with Gasteiger partial charge in [-0.25, -0.2) is 14.4 Å². The van der Waals surface area contributed by atoms with E-state index in [-0.39, 0.29) is 10.4 Å². The fourth-order valence-electron chi connectivity index (χ4n) is 1.71. The van der Waals surface area contributed by atoms with Crippen molar-refractivity contribution in [2.45, 2.75) is 26.2 Å². The summed E-state index contributed by atoms with van der Waals surface area (Å²) in [7, 11) is 1.80. The number of rotatable bonds is 2. The molecule has 1 aromatic heterocycles. The zero-order chi connectivity index (χ0) is 14.9. The Hall–Kier alpha value is -1.68. The van der Waals surface area contributed by atoms with E-state index in [4.69, 9.17) is 11.6 Å². The minimum absolute atomic E-state index is 0.0874. The summed E-state index contributed by atoms with van der Waals surface area (Å²) in [5, 5.41) is 3.10. The minimum atomic E-state index is -0.436. The highest BCUT2D eigenvalue weighted by atomic mass is 35.5. The van der Waals surface area contributed by atoms with Crippen LogP contribution in [0.5, 0.6) is 0 Å².